The van der Waals surface area contributed by atoms with Gasteiger partial charge in [0.05, 0.1) is 0 Å². The number of amides is 1. The fourth-order valence-corrected chi connectivity index (χ4v) is 1.23. The van der Waals surface area contributed by atoms with E-state index in [1.807, 2.05) is 0 Å². The van der Waals surface area contributed by atoms with Crippen LogP contribution >= 0.6 is 0 Å². The summed E-state index contributed by atoms with van der Waals surface area (Å²) in [5.74, 6) is -2.15. The minimum atomic E-state index is -1.16. The van der Waals surface area contributed by atoms with E-state index in [1.165, 1.54) is 12.1 Å². The highest BCUT2D eigenvalue weighted by molar-refractivity contribution is 5.94. The van der Waals surface area contributed by atoms with E-state index in [9.17, 15) is 14.0 Å². The van der Waals surface area contributed by atoms with Crippen LogP contribution in [0.3, 0.4) is 0 Å². The molecule has 17 heavy (non-hydrogen) atoms. The maximum atomic E-state index is 13.5. The van der Waals surface area contributed by atoms with Crippen molar-refractivity contribution < 1.29 is 19.1 Å². The maximum Gasteiger partial charge on any atom is 0.328 e. The Morgan fingerprint density at radius 1 is 1.47 bits per heavy atom. The number of aliphatic carboxylic acids is 1. The van der Waals surface area contributed by atoms with Gasteiger partial charge in [-0.25, -0.2) is 9.18 Å². The summed E-state index contributed by atoms with van der Waals surface area (Å²) in [5, 5.41) is 10.9. The molecule has 0 heterocycles. The van der Waals surface area contributed by atoms with Gasteiger partial charge in [-0.3, -0.25) is 4.79 Å². The summed E-state index contributed by atoms with van der Waals surface area (Å²) >= 11 is 0. The van der Waals surface area contributed by atoms with Crippen molar-refractivity contribution in [2.75, 3.05) is 6.54 Å². The third-order valence-electron chi connectivity index (χ3n) is 2.01. The molecule has 0 aliphatic heterocycles. The number of carboxylic acid groups (broad SMARTS) is 1. The van der Waals surface area contributed by atoms with Gasteiger partial charge >= 0.3 is 5.97 Å². The van der Waals surface area contributed by atoms with Crippen LogP contribution in [-0.4, -0.2) is 23.5 Å². The van der Waals surface area contributed by atoms with E-state index >= 15 is 0 Å². The number of hydrogen-bond donors (Lipinski definition) is 2. The fraction of sp³-hybridized carbons (Fsp3) is 0.167. The second-order valence-corrected chi connectivity index (χ2v) is 3.27. The summed E-state index contributed by atoms with van der Waals surface area (Å²) in [6.07, 6.45) is 1.98. The lowest BCUT2D eigenvalue weighted by atomic mass is 10.1. The fourth-order valence-electron chi connectivity index (χ4n) is 1.23. The Bertz CT molecular complexity index is 469. The number of benzene rings is 1. The highest BCUT2D eigenvalue weighted by atomic mass is 19.1. The second-order valence-electron chi connectivity index (χ2n) is 3.27. The molecule has 1 aromatic rings. The molecule has 1 rings (SSSR count). The van der Waals surface area contributed by atoms with Crippen molar-refractivity contribution in [1.82, 2.24) is 5.32 Å². The van der Waals surface area contributed by atoms with Gasteiger partial charge in [-0.15, -0.1) is 0 Å². The van der Waals surface area contributed by atoms with Gasteiger partial charge < -0.3 is 10.4 Å². The van der Waals surface area contributed by atoms with Gasteiger partial charge in [0.25, 0.3) is 5.91 Å². The van der Waals surface area contributed by atoms with E-state index in [2.05, 4.69) is 5.32 Å². The van der Waals surface area contributed by atoms with Gasteiger partial charge in [0.15, 0.2) is 0 Å². The predicted octanol–water partition coefficient (Wildman–Crippen LogP) is 1.67. The number of halogens is 1. The van der Waals surface area contributed by atoms with Crippen molar-refractivity contribution >= 4 is 18.0 Å². The summed E-state index contributed by atoms with van der Waals surface area (Å²) in [5.41, 5.74) is 0.331. The van der Waals surface area contributed by atoms with E-state index in [-0.39, 0.29) is 17.0 Å². The molecule has 0 unspecified atom stereocenters. The molecule has 0 bridgehead atoms. The zero-order valence-corrected chi connectivity index (χ0v) is 9.24. The summed E-state index contributed by atoms with van der Waals surface area (Å²) in [6, 6.07) is 3.88. The van der Waals surface area contributed by atoms with Crippen LogP contribution in [0.5, 0.6) is 0 Å². The Labute approximate surface area is 97.8 Å². The van der Waals surface area contributed by atoms with Gasteiger partial charge in [0.2, 0.25) is 0 Å². The Balaban J connectivity index is 2.93. The van der Waals surface area contributed by atoms with Crippen LogP contribution in [0.1, 0.15) is 22.8 Å². The molecule has 0 aliphatic carbocycles. The molecule has 0 atom stereocenters. The topological polar surface area (TPSA) is 66.4 Å². The van der Waals surface area contributed by atoms with Crippen molar-refractivity contribution in [1.29, 1.82) is 0 Å². The highest BCUT2D eigenvalue weighted by Gasteiger charge is 2.07. The summed E-state index contributed by atoms with van der Waals surface area (Å²) in [6.45, 7) is 2.22. The average molecular weight is 237 g/mol. The molecule has 5 heteroatoms. The molecular formula is C12H12FNO3. The van der Waals surface area contributed by atoms with E-state index in [0.29, 0.717) is 6.54 Å². The molecule has 0 aliphatic rings. The Morgan fingerprint density at radius 3 is 2.71 bits per heavy atom. The van der Waals surface area contributed by atoms with Crippen molar-refractivity contribution in [2.24, 2.45) is 0 Å². The van der Waals surface area contributed by atoms with Gasteiger partial charge in [-0.1, -0.05) is 6.07 Å². The van der Waals surface area contributed by atoms with Crippen LogP contribution < -0.4 is 5.32 Å². The molecule has 0 fully saturated rings. The number of carboxylic acids is 1. The van der Waals surface area contributed by atoms with E-state index in [0.717, 1.165) is 18.2 Å². The molecule has 90 valence electrons. The lowest BCUT2D eigenvalue weighted by Crippen LogP contribution is -2.22. The van der Waals surface area contributed by atoms with Crippen LogP contribution in [0.2, 0.25) is 0 Å². The summed E-state index contributed by atoms with van der Waals surface area (Å²) < 4.78 is 13.5. The molecule has 0 saturated carbocycles. The van der Waals surface area contributed by atoms with Crippen LogP contribution in [0, 0.1) is 5.82 Å². The zero-order valence-electron chi connectivity index (χ0n) is 9.24. The molecule has 0 spiro atoms. The largest absolute Gasteiger partial charge is 0.478 e. The maximum absolute atomic E-state index is 13.5. The molecule has 1 amide bonds. The van der Waals surface area contributed by atoms with Gasteiger partial charge in [0, 0.05) is 23.7 Å². The quantitative estimate of drug-likeness (QED) is 0.783. The van der Waals surface area contributed by atoms with E-state index < -0.39 is 11.8 Å². The molecule has 4 nitrogen and oxygen atoms in total. The van der Waals surface area contributed by atoms with Crippen LogP contribution in [0.15, 0.2) is 24.3 Å². The number of nitrogens with one attached hydrogen (secondary N) is 1. The third kappa shape index (κ3) is 3.71. The minimum absolute atomic E-state index is 0.125. The third-order valence-corrected chi connectivity index (χ3v) is 2.01. The molecule has 2 N–H and O–H groups in total. The first kappa shape index (κ1) is 12.9. The SMILES string of the molecule is CCNC(=O)c1ccc(C=CC(=O)O)c(F)c1. The first-order chi connectivity index (χ1) is 8.04. The molecular weight excluding hydrogens is 225 g/mol. The van der Waals surface area contributed by atoms with Crippen LogP contribution in [-0.2, 0) is 4.79 Å². The number of hydrogen-bond acceptors (Lipinski definition) is 2. The second kappa shape index (κ2) is 5.79. The zero-order chi connectivity index (χ0) is 12.8. The lowest BCUT2D eigenvalue weighted by Gasteiger charge is -2.03. The first-order valence-electron chi connectivity index (χ1n) is 5.03. The highest BCUT2D eigenvalue weighted by Crippen LogP contribution is 2.12. The molecule has 0 radical (unpaired) electrons. The van der Waals surface area contributed by atoms with Gasteiger partial charge in [-0.05, 0) is 25.1 Å². The smallest absolute Gasteiger partial charge is 0.328 e. The Kier molecular flexibility index (Phi) is 4.39. The van der Waals surface area contributed by atoms with Gasteiger partial charge in [0.1, 0.15) is 5.82 Å². The van der Waals surface area contributed by atoms with E-state index in [1.54, 1.807) is 6.92 Å². The number of carbonyl (C=O) groups excluding carboxylic acids is 1. The Hall–Kier alpha value is -2.17. The monoisotopic (exact) mass is 237 g/mol. The van der Waals surface area contributed by atoms with Crippen molar-refractivity contribution in [3.8, 4) is 0 Å². The molecule has 0 saturated heterocycles. The lowest BCUT2D eigenvalue weighted by molar-refractivity contribution is -0.131. The van der Waals surface area contributed by atoms with Gasteiger partial charge in [-0.2, -0.15) is 0 Å². The summed E-state index contributed by atoms with van der Waals surface area (Å²) in [7, 11) is 0. The normalized spacial score (nSPS) is 10.5. The van der Waals surface area contributed by atoms with Crippen molar-refractivity contribution in [3.63, 3.8) is 0 Å². The van der Waals surface area contributed by atoms with Crippen LogP contribution in [0.25, 0.3) is 6.08 Å². The van der Waals surface area contributed by atoms with Crippen molar-refractivity contribution in [2.45, 2.75) is 6.92 Å². The van der Waals surface area contributed by atoms with Crippen LogP contribution in [0.4, 0.5) is 4.39 Å². The first-order valence-corrected chi connectivity index (χ1v) is 5.03. The standard InChI is InChI=1S/C12H12FNO3/c1-2-14-12(17)9-4-3-8(10(13)7-9)5-6-11(15)16/h3-7H,2H2,1H3,(H,14,17)(H,15,16). The molecule has 0 aromatic heterocycles. The number of carbonyl (C=O) groups is 2. The molecule has 1 aromatic carbocycles. The van der Waals surface area contributed by atoms with E-state index in [4.69, 9.17) is 5.11 Å². The summed E-state index contributed by atoms with van der Waals surface area (Å²) in [4.78, 5) is 21.7. The number of rotatable bonds is 4. The Morgan fingerprint density at radius 2 is 2.18 bits per heavy atom. The van der Waals surface area contributed by atoms with Crippen molar-refractivity contribution in [3.05, 3.63) is 41.2 Å². The minimum Gasteiger partial charge on any atom is -0.478 e. The predicted molar refractivity (Wildman–Crippen MR) is 61.1 cm³/mol. The average Bonchev–Trinajstić information content (AvgIpc) is 2.27.